The normalized spacial score (nSPS) is 10.4. The van der Waals surface area contributed by atoms with E-state index in [-0.39, 0.29) is 11.8 Å². The molecule has 4 nitrogen and oxygen atoms in total. The molecule has 0 aliphatic carbocycles. The van der Waals surface area contributed by atoms with Gasteiger partial charge in [-0.15, -0.1) is 0 Å². The van der Waals surface area contributed by atoms with E-state index in [1.165, 1.54) is 0 Å². The van der Waals surface area contributed by atoms with Gasteiger partial charge in [-0.25, -0.2) is 5.48 Å². The molecule has 0 aliphatic heterocycles. The zero-order chi connectivity index (χ0) is 11.7. The molecule has 0 heterocycles. The predicted molar refractivity (Wildman–Crippen MR) is 57.5 cm³/mol. The molecule has 0 aliphatic rings. The molecule has 0 aromatic carbocycles. The van der Waals surface area contributed by atoms with E-state index in [0.717, 1.165) is 25.7 Å². The highest BCUT2D eigenvalue weighted by atomic mass is 16.5. The molecule has 0 rings (SSSR count). The standard InChI is InChI=1S/C11H21NO3/c1-9(2)10(13)7-5-3-4-6-8-11(14)12-15/h9,15H,3-8H2,1-2H3,(H,12,14). The summed E-state index contributed by atoms with van der Waals surface area (Å²) in [7, 11) is 0. The molecule has 1 amide bonds. The van der Waals surface area contributed by atoms with Crippen molar-refractivity contribution >= 4 is 11.7 Å². The van der Waals surface area contributed by atoms with Crippen molar-refractivity contribution in [3.63, 3.8) is 0 Å². The van der Waals surface area contributed by atoms with E-state index in [0.29, 0.717) is 18.6 Å². The van der Waals surface area contributed by atoms with Crippen LogP contribution < -0.4 is 5.48 Å². The average molecular weight is 215 g/mol. The van der Waals surface area contributed by atoms with Gasteiger partial charge in [0, 0.05) is 18.8 Å². The topological polar surface area (TPSA) is 66.4 Å². The zero-order valence-corrected chi connectivity index (χ0v) is 9.58. The van der Waals surface area contributed by atoms with Crippen LogP contribution in [0.15, 0.2) is 0 Å². The van der Waals surface area contributed by atoms with Crippen molar-refractivity contribution < 1.29 is 14.8 Å². The van der Waals surface area contributed by atoms with Crippen LogP contribution in [0.5, 0.6) is 0 Å². The molecule has 0 radical (unpaired) electrons. The van der Waals surface area contributed by atoms with Crippen LogP contribution in [0, 0.1) is 5.92 Å². The monoisotopic (exact) mass is 215 g/mol. The largest absolute Gasteiger partial charge is 0.299 e. The van der Waals surface area contributed by atoms with Gasteiger partial charge < -0.3 is 0 Å². The lowest BCUT2D eigenvalue weighted by Crippen LogP contribution is -2.17. The fourth-order valence-corrected chi connectivity index (χ4v) is 1.28. The summed E-state index contributed by atoms with van der Waals surface area (Å²) < 4.78 is 0. The zero-order valence-electron chi connectivity index (χ0n) is 9.58. The Morgan fingerprint density at radius 3 is 2.07 bits per heavy atom. The molecular weight excluding hydrogens is 194 g/mol. The highest BCUT2D eigenvalue weighted by Crippen LogP contribution is 2.08. The third-order valence-corrected chi connectivity index (χ3v) is 2.35. The quantitative estimate of drug-likeness (QED) is 0.370. The first-order chi connectivity index (χ1) is 7.07. The Hall–Kier alpha value is -0.900. The minimum atomic E-state index is -0.340. The van der Waals surface area contributed by atoms with E-state index in [4.69, 9.17) is 5.21 Å². The van der Waals surface area contributed by atoms with Gasteiger partial charge in [0.1, 0.15) is 5.78 Å². The van der Waals surface area contributed by atoms with Crippen molar-refractivity contribution in [2.24, 2.45) is 5.92 Å². The Kier molecular flexibility index (Phi) is 7.91. The molecule has 0 unspecified atom stereocenters. The van der Waals surface area contributed by atoms with E-state index in [2.05, 4.69) is 0 Å². The molecule has 0 atom stereocenters. The molecule has 0 saturated heterocycles. The minimum Gasteiger partial charge on any atom is -0.299 e. The number of hydrogen-bond donors (Lipinski definition) is 2. The summed E-state index contributed by atoms with van der Waals surface area (Å²) in [4.78, 5) is 21.9. The van der Waals surface area contributed by atoms with Crippen molar-refractivity contribution in [1.29, 1.82) is 0 Å². The van der Waals surface area contributed by atoms with Crippen LogP contribution in [0.3, 0.4) is 0 Å². The second-order valence-corrected chi connectivity index (χ2v) is 4.07. The van der Waals surface area contributed by atoms with Crippen molar-refractivity contribution in [2.45, 2.75) is 52.4 Å². The summed E-state index contributed by atoms with van der Waals surface area (Å²) in [5.74, 6) is 0.0986. The highest BCUT2D eigenvalue weighted by molar-refractivity contribution is 5.80. The van der Waals surface area contributed by atoms with E-state index < -0.39 is 0 Å². The predicted octanol–water partition coefficient (Wildman–Crippen LogP) is 2.06. The summed E-state index contributed by atoms with van der Waals surface area (Å²) in [5, 5.41) is 8.23. The van der Waals surface area contributed by atoms with Crippen LogP contribution in [0.25, 0.3) is 0 Å². The maximum atomic E-state index is 11.2. The number of amides is 1. The molecule has 0 spiro atoms. The average Bonchev–Trinajstić information content (AvgIpc) is 2.22. The molecular formula is C11H21NO3. The minimum absolute atomic E-state index is 0.130. The lowest BCUT2D eigenvalue weighted by atomic mass is 10.0. The molecule has 0 bridgehead atoms. The van der Waals surface area contributed by atoms with Gasteiger partial charge in [0.15, 0.2) is 0 Å². The van der Waals surface area contributed by atoms with Gasteiger partial charge in [0.25, 0.3) is 0 Å². The van der Waals surface area contributed by atoms with Crippen LogP contribution in [0.2, 0.25) is 0 Å². The fraction of sp³-hybridized carbons (Fsp3) is 0.818. The Bertz CT molecular complexity index is 202. The number of carbonyl (C=O) groups excluding carboxylic acids is 2. The number of carbonyl (C=O) groups is 2. The van der Waals surface area contributed by atoms with Gasteiger partial charge in [-0.2, -0.15) is 0 Å². The van der Waals surface area contributed by atoms with Crippen molar-refractivity contribution in [1.82, 2.24) is 5.48 Å². The lowest BCUT2D eigenvalue weighted by molar-refractivity contribution is -0.129. The Morgan fingerprint density at radius 1 is 1.07 bits per heavy atom. The van der Waals surface area contributed by atoms with Crippen LogP contribution >= 0.6 is 0 Å². The second-order valence-electron chi connectivity index (χ2n) is 4.07. The van der Waals surface area contributed by atoms with E-state index in [9.17, 15) is 9.59 Å². The smallest absolute Gasteiger partial charge is 0.243 e. The number of nitrogens with one attached hydrogen (secondary N) is 1. The SMILES string of the molecule is CC(C)C(=O)CCCCCCC(=O)NO. The first kappa shape index (κ1) is 14.1. The van der Waals surface area contributed by atoms with Gasteiger partial charge in [0.05, 0.1) is 0 Å². The summed E-state index contributed by atoms with van der Waals surface area (Å²) in [6.07, 6.45) is 4.56. The number of unbranched alkanes of at least 4 members (excludes halogenated alkanes) is 3. The van der Waals surface area contributed by atoms with Crippen molar-refractivity contribution in [3.05, 3.63) is 0 Å². The lowest BCUT2D eigenvalue weighted by Gasteiger charge is -2.03. The van der Waals surface area contributed by atoms with Crippen molar-refractivity contribution in [2.75, 3.05) is 0 Å². The molecule has 0 aromatic rings. The molecule has 2 N–H and O–H groups in total. The molecule has 0 fully saturated rings. The highest BCUT2D eigenvalue weighted by Gasteiger charge is 2.06. The molecule has 15 heavy (non-hydrogen) atoms. The second kappa shape index (κ2) is 8.41. The summed E-state index contributed by atoms with van der Waals surface area (Å²) in [5.41, 5.74) is 1.60. The number of hydrogen-bond acceptors (Lipinski definition) is 3. The number of ketones is 1. The molecule has 0 aromatic heterocycles. The number of hydroxylamine groups is 1. The number of Topliss-reactive ketones (excluding diaryl/α,β-unsaturated/α-hetero) is 1. The Balaban J connectivity index is 3.25. The van der Waals surface area contributed by atoms with Crippen LogP contribution in [-0.2, 0) is 9.59 Å². The number of rotatable bonds is 8. The molecule has 4 heteroatoms. The molecule has 0 saturated carbocycles. The van der Waals surface area contributed by atoms with Gasteiger partial charge in [-0.3, -0.25) is 14.8 Å². The van der Waals surface area contributed by atoms with Crippen LogP contribution in [0.1, 0.15) is 52.4 Å². The first-order valence-corrected chi connectivity index (χ1v) is 5.53. The van der Waals surface area contributed by atoms with E-state index in [1.54, 1.807) is 5.48 Å². The summed E-state index contributed by atoms with van der Waals surface area (Å²) in [6.45, 7) is 3.82. The fourth-order valence-electron chi connectivity index (χ4n) is 1.28. The van der Waals surface area contributed by atoms with Crippen molar-refractivity contribution in [3.8, 4) is 0 Å². The summed E-state index contributed by atoms with van der Waals surface area (Å²) >= 11 is 0. The first-order valence-electron chi connectivity index (χ1n) is 5.53. The maximum absolute atomic E-state index is 11.2. The van der Waals surface area contributed by atoms with Gasteiger partial charge in [-0.05, 0) is 12.8 Å². The Labute approximate surface area is 91.0 Å². The van der Waals surface area contributed by atoms with Gasteiger partial charge in [0.2, 0.25) is 5.91 Å². The third-order valence-electron chi connectivity index (χ3n) is 2.35. The van der Waals surface area contributed by atoms with Crippen LogP contribution in [0.4, 0.5) is 0 Å². The Morgan fingerprint density at radius 2 is 1.60 bits per heavy atom. The summed E-state index contributed by atoms with van der Waals surface area (Å²) in [6, 6.07) is 0. The van der Waals surface area contributed by atoms with Crippen LogP contribution in [-0.4, -0.2) is 16.9 Å². The third kappa shape index (κ3) is 8.12. The maximum Gasteiger partial charge on any atom is 0.243 e. The van der Waals surface area contributed by atoms with Gasteiger partial charge >= 0.3 is 0 Å². The van der Waals surface area contributed by atoms with E-state index >= 15 is 0 Å². The van der Waals surface area contributed by atoms with E-state index in [1.807, 2.05) is 13.8 Å². The van der Waals surface area contributed by atoms with Gasteiger partial charge in [-0.1, -0.05) is 26.7 Å². The molecule has 88 valence electrons.